The van der Waals surface area contributed by atoms with Crippen molar-refractivity contribution in [3.05, 3.63) is 0 Å². The van der Waals surface area contributed by atoms with Gasteiger partial charge in [0.2, 0.25) is 5.16 Å². The van der Waals surface area contributed by atoms with E-state index in [1.165, 1.54) is 11.8 Å². The highest BCUT2D eigenvalue weighted by Crippen LogP contribution is 2.21. The Morgan fingerprint density at radius 2 is 2.31 bits per heavy atom. The van der Waals surface area contributed by atoms with Gasteiger partial charge in [-0.15, -0.1) is 5.10 Å². The predicted molar refractivity (Wildman–Crippen MR) is 63.4 cm³/mol. The summed E-state index contributed by atoms with van der Waals surface area (Å²) in [6.45, 7) is 5.34. The van der Waals surface area contributed by atoms with Crippen LogP contribution >= 0.6 is 11.8 Å². The Labute approximate surface area is 99.8 Å². The summed E-state index contributed by atoms with van der Waals surface area (Å²) in [4.78, 5) is 0. The Kier molecular flexibility index (Phi) is 5.17. The van der Waals surface area contributed by atoms with E-state index >= 15 is 0 Å². The SMILES string of the molecule is CCC(C)(O)CSc1nnnn1CCNC. The van der Waals surface area contributed by atoms with Gasteiger partial charge in [-0.2, -0.15) is 0 Å². The lowest BCUT2D eigenvalue weighted by molar-refractivity contribution is 0.0815. The molecule has 0 radical (unpaired) electrons. The van der Waals surface area contributed by atoms with Crippen LogP contribution in [-0.4, -0.2) is 50.3 Å². The molecule has 1 atom stereocenters. The molecule has 0 aliphatic heterocycles. The number of hydrogen-bond donors (Lipinski definition) is 2. The van der Waals surface area contributed by atoms with Crippen molar-refractivity contribution in [2.24, 2.45) is 0 Å². The maximum absolute atomic E-state index is 9.88. The first-order valence-corrected chi connectivity index (χ1v) is 6.33. The average molecular weight is 245 g/mol. The Hall–Kier alpha value is -0.660. The van der Waals surface area contributed by atoms with E-state index in [0.29, 0.717) is 5.75 Å². The van der Waals surface area contributed by atoms with Crippen LogP contribution in [0.4, 0.5) is 0 Å². The molecule has 6 nitrogen and oxygen atoms in total. The molecule has 0 aromatic carbocycles. The number of aromatic nitrogens is 4. The molecular formula is C9H19N5OS. The van der Waals surface area contributed by atoms with Gasteiger partial charge in [0, 0.05) is 12.3 Å². The summed E-state index contributed by atoms with van der Waals surface area (Å²) in [6, 6.07) is 0. The van der Waals surface area contributed by atoms with Crippen LogP contribution in [-0.2, 0) is 6.54 Å². The standard InChI is InChI=1S/C9H19N5OS/c1-4-9(2,15)7-16-8-11-12-13-14(8)6-5-10-3/h10,15H,4-7H2,1-3H3. The van der Waals surface area contributed by atoms with Gasteiger partial charge >= 0.3 is 0 Å². The second kappa shape index (κ2) is 6.17. The molecule has 0 fully saturated rings. The van der Waals surface area contributed by atoms with Gasteiger partial charge in [0.1, 0.15) is 0 Å². The molecule has 0 aliphatic rings. The van der Waals surface area contributed by atoms with Crippen molar-refractivity contribution in [3.8, 4) is 0 Å². The van der Waals surface area contributed by atoms with Gasteiger partial charge in [-0.1, -0.05) is 18.7 Å². The van der Waals surface area contributed by atoms with Crippen molar-refractivity contribution >= 4 is 11.8 Å². The first-order valence-electron chi connectivity index (χ1n) is 5.35. The Morgan fingerprint density at radius 3 is 2.94 bits per heavy atom. The molecule has 1 rings (SSSR count). The molecule has 1 unspecified atom stereocenters. The fourth-order valence-electron chi connectivity index (χ4n) is 0.980. The molecule has 0 spiro atoms. The molecular weight excluding hydrogens is 226 g/mol. The summed E-state index contributed by atoms with van der Waals surface area (Å²) in [6.07, 6.45) is 0.720. The molecule has 7 heteroatoms. The highest BCUT2D eigenvalue weighted by atomic mass is 32.2. The Bertz CT molecular complexity index is 315. The zero-order valence-electron chi connectivity index (χ0n) is 9.97. The second-order valence-corrected chi connectivity index (χ2v) is 4.87. The summed E-state index contributed by atoms with van der Waals surface area (Å²) in [5.41, 5.74) is -0.662. The molecule has 2 N–H and O–H groups in total. The molecule has 1 aromatic heterocycles. The normalized spacial score (nSPS) is 15.0. The van der Waals surface area contributed by atoms with E-state index in [1.807, 2.05) is 20.9 Å². The van der Waals surface area contributed by atoms with Crippen molar-refractivity contribution in [1.82, 2.24) is 25.5 Å². The lowest BCUT2D eigenvalue weighted by atomic mass is 10.1. The number of tetrazole rings is 1. The van der Waals surface area contributed by atoms with Crippen molar-refractivity contribution < 1.29 is 5.11 Å². The van der Waals surface area contributed by atoms with E-state index in [-0.39, 0.29) is 0 Å². The first-order chi connectivity index (χ1) is 7.59. The minimum Gasteiger partial charge on any atom is -0.389 e. The van der Waals surface area contributed by atoms with Crippen LogP contribution in [0.25, 0.3) is 0 Å². The summed E-state index contributed by atoms with van der Waals surface area (Å²) < 4.78 is 1.74. The van der Waals surface area contributed by atoms with Crippen LogP contribution in [0.3, 0.4) is 0 Å². The van der Waals surface area contributed by atoms with Gasteiger partial charge in [-0.05, 0) is 30.8 Å². The Balaban J connectivity index is 2.50. The van der Waals surface area contributed by atoms with E-state index in [4.69, 9.17) is 0 Å². The largest absolute Gasteiger partial charge is 0.389 e. The van der Waals surface area contributed by atoms with Gasteiger partial charge in [-0.25, -0.2) is 4.68 Å². The zero-order chi connectivity index (χ0) is 12.0. The minimum atomic E-state index is -0.662. The lowest BCUT2D eigenvalue weighted by Crippen LogP contribution is -2.26. The quantitative estimate of drug-likeness (QED) is 0.666. The molecule has 0 bridgehead atoms. The molecule has 0 saturated carbocycles. The summed E-state index contributed by atoms with van der Waals surface area (Å²) in [7, 11) is 1.89. The highest BCUT2D eigenvalue weighted by Gasteiger charge is 2.19. The minimum absolute atomic E-state index is 0.601. The second-order valence-electron chi connectivity index (χ2n) is 3.93. The summed E-state index contributed by atoms with van der Waals surface area (Å²) >= 11 is 1.48. The molecule has 0 saturated heterocycles. The number of likely N-dealkylation sites (N-methyl/N-ethyl adjacent to an activating group) is 1. The molecule has 1 aromatic rings. The third-order valence-electron chi connectivity index (χ3n) is 2.35. The third-order valence-corrected chi connectivity index (χ3v) is 3.66. The van der Waals surface area contributed by atoms with Crippen LogP contribution in [0.5, 0.6) is 0 Å². The van der Waals surface area contributed by atoms with E-state index in [0.717, 1.165) is 24.7 Å². The van der Waals surface area contributed by atoms with Crippen molar-refractivity contribution in [2.45, 2.75) is 37.6 Å². The van der Waals surface area contributed by atoms with Crippen molar-refractivity contribution in [1.29, 1.82) is 0 Å². The smallest absolute Gasteiger partial charge is 0.209 e. The summed E-state index contributed by atoms with van der Waals surface area (Å²) in [5, 5.41) is 25.1. The van der Waals surface area contributed by atoms with E-state index in [9.17, 15) is 5.11 Å². The number of rotatable bonds is 7. The topological polar surface area (TPSA) is 75.9 Å². The molecule has 1 heterocycles. The monoisotopic (exact) mass is 245 g/mol. The maximum atomic E-state index is 9.88. The van der Waals surface area contributed by atoms with E-state index in [1.54, 1.807) is 4.68 Å². The van der Waals surface area contributed by atoms with Gasteiger partial charge < -0.3 is 10.4 Å². The molecule has 92 valence electrons. The van der Waals surface area contributed by atoms with Crippen molar-refractivity contribution in [3.63, 3.8) is 0 Å². The van der Waals surface area contributed by atoms with Crippen LogP contribution in [0.2, 0.25) is 0 Å². The van der Waals surface area contributed by atoms with Crippen LogP contribution in [0.15, 0.2) is 5.16 Å². The number of thioether (sulfide) groups is 1. The van der Waals surface area contributed by atoms with Gasteiger partial charge in [0.15, 0.2) is 0 Å². The maximum Gasteiger partial charge on any atom is 0.209 e. The first kappa shape index (κ1) is 13.4. The number of aliphatic hydroxyl groups is 1. The number of nitrogens with one attached hydrogen (secondary N) is 1. The van der Waals surface area contributed by atoms with Gasteiger partial charge in [0.25, 0.3) is 0 Å². The van der Waals surface area contributed by atoms with Crippen molar-refractivity contribution in [2.75, 3.05) is 19.3 Å². The fourth-order valence-corrected chi connectivity index (χ4v) is 2.00. The molecule has 0 aliphatic carbocycles. The van der Waals surface area contributed by atoms with Gasteiger partial charge in [0.05, 0.1) is 12.1 Å². The van der Waals surface area contributed by atoms with Gasteiger partial charge in [-0.3, -0.25) is 0 Å². The molecule has 0 amide bonds. The molecule has 16 heavy (non-hydrogen) atoms. The van der Waals surface area contributed by atoms with E-state index < -0.39 is 5.60 Å². The van der Waals surface area contributed by atoms with Crippen LogP contribution in [0, 0.1) is 0 Å². The number of hydrogen-bond acceptors (Lipinski definition) is 6. The third kappa shape index (κ3) is 4.07. The van der Waals surface area contributed by atoms with Crippen LogP contribution < -0.4 is 5.32 Å². The summed E-state index contributed by atoms with van der Waals surface area (Å²) in [5.74, 6) is 0.601. The lowest BCUT2D eigenvalue weighted by Gasteiger charge is -2.19. The highest BCUT2D eigenvalue weighted by molar-refractivity contribution is 7.99. The average Bonchev–Trinajstić information content (AvgIpc) is 2.71. The predicted octanol–water partition coefficient (Wildman–Crippen LogP) is 0.146. The number of nitrogens with zero attached hydrogens (tertiary/aromatic N) is 4. The fraction of sp³-hybridized carbons (Fsp3) is 0.889. The van der Waals surface area contributed by atoms with E-state index in [2.05, 4.69) is 20.8 Å². The zero-order valence-corrected chi connectivity index (χ0v) is 10.8. The van der Waals surface area contributed by atoms with Crippen LogP contribution in [0.1, 0.15) is 20.3 Å². The Morgan fingerprint density at radius 1 is 1.56 bits per heavy atom.